The molecule has 21 heavy (non-hydrogen) atoms. The predicted molar refractivity (Wildman–Crippen MR) is 88.0 cm³/mol. The summed E-state index contributed by atoms with van der Waals surface area (Å²) >= 11 is 0. The molecule has 1 aliphatic rings. The van der Waals surface area contributed by atoms with Gasteiger partial charge in [0.15, 0.2) is 5.96 Å². The molecule has 1 aliphatic carbocycles. The second-order valence-corrected chi connectivity index (χ2v) is 5.65. The van der Waals surface area contributed by atoms with Crippen LogP contribution in [0.5, 0.6) is 5.75 Å². The predicted octanol–water partition coefficient (Wildman–Crippen LogP) is 2.29. The van der Waals surface area contributed by atoms with Crippen molar-refractivity contribution in [3.05, 3.63) is 24.3 Å². The van der Waals surface area contributed by atoms with E-state index < -0.39 is 0 Å². The summed E-state index contributed by atoms with van der Waals surface area (Å²) in [6.45, 7) is 6.14. The lowest BCUT2D eigenvalue weighted by Crippen LogP contribution is -2.35. The van der Waals surface area contributed by atoms with Crippen molar-refractivity contribution in [3.8, 4) is 5.75 Å². The minimum Gasteiger partial charge on any atom is -0.495 e. The lowest BCUT2D eigenvalue weighted by molar-refractivity contribution is 0.218. The van der Waals surface area contributed by atoms with Crippen molar-refractivity contribution in [2.24, 2.45) is 10.7 Å². The van der Waals surface area contributed by atoms with E-state index in [2.05, 4.69) is 29.1 Å². The zero-order valence-electron chi connectivity index (χ0n) is 13.2. The molecule has 0 spiro atoms. The normalized spacial score (nSPS) is 15.6. The molecule has 0 bridgehead atoms. The number of nitrogens with zero attached hydrogens (tertiary/aromatic N) is 2. The van der Waals surface area contributed by atoms with Gasteiger partial charge < -0.3 is 15.8 Å². The van der Waals surface area contributed by atoms with Crippen molar-refractivity contribution < 1.29 is 4.74 Å². The van der Waals surface area contributed by atoms with E-state index in [1.165, 1.54) is 12.8 Å². The molecular formula is C16H26N4O. The minimum absolute atomic E-state index is 0.430. The van der Waals surface area contributed by atoms with Crippen molar-refractivity contribution in [3.63, 3.8) is 0 Å². The first-order chi connectivity index (χ1) is 10.1. The Labute approximate surface area is 127 Å². The zero-order valence-corrected chi connectivity index (χ0v) is 13.2. The summed E-state index contributed by atoms with van der Waals surface area (Å²) in [6, 6.07) is 8.99. The third kappa shape index (κ3) is 4.63. The number of nitrogens with two attached hydrogens (primary N) is 1. The Morgan fingerprint density at radius 1 is 1.43 bits per heavy atom. The first-order valence-corrected chi connectivity index (χ1v) is 7.57. The van der Waals surface area contributed by atoms with Gasteiger partial charge in [0.1, 0.15) is 5.75 Å². The summed E-state index contributed by atoms with van der Waals surface area (Å²) in [5, 5.41) is 3.09. The van der Waals surface area contributed by atoms with Crippen molar-refractivity contribution in [1.29, 1.82) is 0 Å². The summed E-state index contributed by atoms with van der Waals surface area (Å²) in [6.07, 6.45) is 2.63. The first kappa shape index (κ1) is 15.6. The van der Waals surface area contributed by atoms with E-state index in [0.717, 1.165) is 24.0 Å². The van der Waals surface area contributed by atoms with Crippen LogP contribution in [0.4, 0.5) is 5.69 Å². The quantitative estimate of drug-likeness (QED) is 0.597. The van der Waals surface area contributed by atoms with Crippen LogP contribution in [-0.4, -0.2) is 43.1 Å². The number of benzene rings is 1. The summed E-state index contributed by atoms with van der Waals surface area (Å²) in [5.74, 6) is 1.19. The van der Waals surface area contributed by atoms with Gasteiger partial charge in [0, 0.05) is 18.6 Å². The van der Waals surface area contributed by atoms with Gasteiger partial charge in [-0.2, -0.15) is 0 Å². The topological polar surface area (TPSA) is 62.9 Å². The summed E-state index contributed by atoms with van der Waals surface area (Å²) in [5.41, 5.74) is 6.79. The molecule has 5 nitrogen and oxygen atoms in total. The average Bonchev–Trinajstić information content (AvgIpc) is 3.28. The summed E-state index contributed by atoms with van der Waals surface area (Å²) < 4.78 is 5.28. The molecule has 0 saturated heterocycles. The van der Waals surface area contributed by atoms with Crippen molar-refractivity contribution in [2.45, 2.75) is 38.8 Å². The second kappa shape index (κ2) is 7.31. The highest BCUT2D eigenvalue weighted by atomic mass is 16.5. The maximum Gasteiger partial charge on any atom is 0.193 e. The monoisotopic (exact) mass is 290 g/mol. The standard InChI is InChI=1S/C16H26N4O/c1-12(2)20(13-8-9-13)11-10-18-16(17)19-14-6-4-5-7-15(14)21-3/h4-7,12-13H,8-11H2,1-3H3,(H3,17,18,19). The highest BCUT2D eigenvalue weighted by molar-refractivity contribution is 5.93. The highest BCUT2D eigenvalue weighted by Crippen LogP contribution is 2.28. The number of ether oxygens (including phenoxy) is 1. The molecule has 0 unspecified atom stereocenters. The zero-order chi connectivity index (χ0) is 15.2. The molecule has 0 atom stereocenters. The molecule has 0 aliphatic heterocycles. The number of anilines is 1. The minimum atomic E-state index is 0.430. The molecule has 0 radical (unpaired) electrons. The molecule has 0 heterocycles. The third-order valence-electron chi connectivity index (χ3n) is 3.69. The number of aliphatic imine (C=N–C) groups is 1. The molecule has 5 heteroatoms. The molecule has 1 aromatic rings. The van der Waals surface area contributed by atoms with Crippen LogP contribution in [0, 0.1) is 0 Å². The second-order valence-electron chi connectivity index (χ2n) is 5.65. The molecule has 1 aromatic carbocycles. The molecule has 0 amide bonds. The number of hydrogen-bond acceptors (Lipinski definition) is 3. The number of nitrogens with one attached hydrogen (secondary N) is 1. The Morgan fingerprint density at radius 3 is 2.76 bits per heavy atom. The third-order valence-corrected chi connectivity index (χ3v) is 3.69. The van der Waals surface area contributed by atoms with Crippen LogP contribution in [0.2, 0.25) is 0 Å². The van der Waals surface area contributed by atoms with Gasteiger partial charge >= 0.3 is 0 Å². The molecule has 0 aromatic heterocycles. The molecule has 1 fully saturated rings. The summed E-state index contributed by atoms with van der Waals surface area (Å²) in [4.78, 5) is 6.91. The maximum absolute atomic E-state index is 5.95. The van der Waals surface area contributed by atoms with Gasteiger partial charge in [-0.25, -0.2) is 0 Å². The van der Waals surface area contributed by atoms with Crippen LogP contribution in [0.25, 0.3) is 0 Å². The molecule has 3 N–H and O–H groups in total. The fourth-order valence-electron chi connectivity index (χ4n) is 2.48. The smallest absolute Gasteiger partial charge is 0.193 e. The molecule has 116 valence electrons. The van der Waals surface area contributed by atoms with Gasteiger partial charge in [-0.3, -0.25) is 9.89 Å². The first-order valence-electron chi connectivity index (χ1n) is 7.57. The van der Waals surface area contributed by atoms with Crippen LogP contribution < -0.4 is 15.8 Å². The number of hydrogen-bond donors (Lipinski definition) is 2. The summed E-state index contributed by atoms with van der Waals surface area (Å²) in [7, 11) is 1.64. The van der Waals surface area contributed by atoms with E-state index in [4.69, 9.17) is 10.5 Å². The largest absolute Gasteiger partial charge is 0.495 e. The van der Waals surface area contributed by atoms with Gasteiger partial charge in [0.05, 0.1) is 19.3 Å². The maximum atomic E-state index is 5.95. The Hall–Kier alpha value is -1.75. The van der Waals surface area contributed by atoms with E-state index >= 15 is 0 Å². The Bertz CT molecular complexity index is 481. The lowest BCUT2D eigenvalue weighted by atomic mass is 10.3. The van der Waals surface area contributed by atoms with Crippen LogP contribution in [0.1, 0.15) is 26.7 Å². The van der Waals surface area contributed by atoms with E-state index in [1.54, 1.807) is 7.11 Å². The van der Waals surface area contributed by atoms with E-state index in [1.807, 2.05) is 24.3 Å². The van der Waals surface area contributed by atoms with Gasteiger partial charge in [0.25, 0.3) is 0 Å². The van der Waals surface area contributed by atoms with E-state index in [-0.39, 0.29) is 0 Å². The van der Waals surface area contributed by atoms with Crippen molar-refractivity contribution >= 4 is 11.6 Å². The van der Waals surface area contributed by atoms with E-state index in [0.29, 0.717) is 18.5 Å². The van der Waals surface area contributed by atoms with Gasteiger partial charge in [0.2, 0.25) is 0 Å². The van der Waals surface area contributed by atoms with Gasteiger partial charge in [-0.15, -0.1) is 0 Å². The number of para-hydroxylation sites is 2. The SMILES string of the molecule is COc1ccccc1NC(N)=NCCN(C(C)C)C1CC1. The van der Waals surface area contributed by atoms with Crippen molar-refractivity contribution in [1.82, 2.24) is 4.90 Å². The Kier molecular flexibility index (Phi) is 5.44. The highest BCUT2D eigenvalue weighted by Gasteiger charge is 2.29. The Morgan fingerprint density at radius 2 is 2.14 bits per heavy atom. The number of methoxy groups -OCH3 is 1. The van der Waals surface area contributed by atoms with Crippen LogP contribution in [-0.2, 0) is 0 Å². The van der Waals surface area contributed by atoms with Crippen LogP contribution in [0.3, 0.4) is 0 Å². The molecule has 2 rings (SSSR count). The molecule has 1 saturated carbocycles. The number of guanidine groups is 1. The number of rotatable bonds is 7. The molecular weight excluding hydrogens is 264 g/mol. The average molecular weight is 290 g/mol. The van der Waals surface area contributed by atoms with Gasteiger partial charge in [-0.1, -0.05) is 12.1 Å². The fourth-order valence-corrected chi connectivity index (χ4v) is 2.48. The van der Waals surface area contributed by atoms with Crippen molar-refractivity contribution in [2.75, 3.05) is 25.5 Å². The van der Waals surface area contributed by atoms with Crippen LogP contribution in [0.15, 0.2) is 29.3 Å². The van der Waals surface area contributed by atoms with Crippen LogP contribution >= 0.6 is 0 Å². The Balaban J connectivity index is 1.86. The van der Waals surface area contributed by atoms with E-state index in [9.17, 15) is 0 Å². The lowest BCUT2D eigenvalue weighted by Gasteiger charge is -2.25. The van der Waals surface area contributed by atoms with Gasteiger partial charge in [-0.05, 0) is 38.8 Å². The fraction of sp³-hybridized carbons (Fsp3) is 0.562.